The molecule has 26 heavy (non-hydrogen) atoms. The van der Waals surface area contributed by atoms with Crippen LogP contribution in [0.3, 0.4) is 0 Å². The van der Waals surface area contributed by atoms with Crippen molar-refractivity contribution in [1.29, 1.82) is 0 Å². The summed E-state index contributed by atoms with van der Waals surface area (Å²) in [5.41, 5.74) is 1.40. The van der Waals surface area contributed by atoms with Crippen molar-refractivity contribution in [3.8, 4) is 0 Å². The molecule has 2 rings (SSSR count). The second-order valence-corrected chi connectivity index (χ2v) is 6.89. The highest BCUT2D eigenvalue weighted by Crippen LogP contribution is 2.19. The molecule has 2 N–H and O–H groups in total. The van der Waals surface area contributed by atoms with E-state index in [1.165, 1.54) is 31.4 Å². The topological polar surface area (TPSA) is 48.9 Å². The Bertz CT molecular complexity index is 506. The molecule has 1 atom stereocenters. The standard InChI is InChI=1S/C21H36N4O/c1-3-26-16-10-8-14-23-21(22-2)24-17-20-13-7-9-15-25(20)18-19-11-5-4-6-12-19/h4-6,11-12,20H,3,7-10,13-18H2,1-2H3,(H2,22,23,24). The molecule has 0 spiro atoms. The fourth-order valence-corrected chi connectivity index (χ4v) is 3.43. The molecule has 1 fully saturated rings. The molecule has 0 saturated carbocycles. The predicted molar refractivity (Wildman–Crippen MR) is 110 cm³/mol. The molecule has 0 aromatic heterocycles. The van der Waals surface area contributed by atoms with Crippen molar-refractivity contribution in [1.82, 2.24) is 15.5 Å². The molecule has 1 saturated heterocycles. The number of likely N-dealkylation sites (tertiary alicyclic amines) is 1. The van der Waals surface area contributed by atoms with Crippen LogP contribution in [0.15, 0.2) is 35.3 Å². The largest absolute Gasteiger partial charge is 0.382 e. The Morgan fingerprint density at radius 1 is 1.19 bits per heavy atom. The number of nitrogens with zero attached hydrogens (tertiary/aromatic N) is 2. The van der Waals surface area contributed by atoms with Gasteiger partial charge in [-0.1, -0.05) is 36.8 Å². The van der Waals surface area contributed by atoms with Gasteiger partial charge in [-0.15, -0.1) is 0 Å². The lowest BCUT2D eigenvalue weighted by Gasteiger charge is -2.36. The van der Waals surface area contributed by atoms with Gasteiger partial charge in [-0.25, -0.2) is 0 Å². The third-order valence-electron chi connectivity index (χ3n) is 4.92. The van der Waals surface area contributed by atoms with Crippen molar-refractivity contribution in [3.05, 3.63) is 35.9 Å². The average Bonchev–Trinajstić information content (AvgIpc) is 2.69. The minimum atomic E-state index is 0.570. The van der Waals surface area contributed by atoms with Crippen LogP contribution in [0.1, 0.15) is 44.6 Å². The number of rotatable bonds is 10. The normalized spacial score (nSPS) is 18.7. The van der Waals surface area contributed by atoms with Crippen LogP contribution in [0.5, 0.6) is 0 Å². The molecular weight excluding hydrogens is 324 g/mol. The van der Waals surface area contributed by atoms with Gasteiger partial charge in [0.2, 0.25) is 0 Å². The summed E-state index contributed by atoms with van der Waals surface area (Å²) in [5.74, 6) is 0.909. The van der Waals surface area contributed by atoms with E-state index in [2.05, 4.69) is 50.9 Å². The molecule has 1 aromatic rings. The number of unbranched alkanes of at least 4 members (excludes halogenated alkanes) is 1. The van der Waals surface area contributed by atoms with Crippen LogP contribution in [-0.4, -0.2) is 56.8 Å². The molecule has 5 nitrogen and oxygen atoms in total. The van der Waals surface area contributed by atoms with Crippen LogP contribution in [0.4, 0.5) is 0 Å². The van der Waals surface area contributed by atoms with E-state index in [1.807, 2.05) is 14.0 Å². The smallest absolute Gasteiger partial charge is 0.191 e. The maximum Gasteiger partial charge on any atom is 0.191 e. The molecule has 0 amide bonds. The quantitative estimate of drug-likeness (QED) is 0.383. The zero-order chi connectivity index (χ0) is 18.5. The number of nitrogens with one attached hydrogen (secondary N) is 2. The number of aliphatic imine (C=N–C) groups is 1. The van der Waals surface area contributed by atoms with E-state index in [-0.39, 0.29) is 0 Å². The molecule has 1 aliphatic rings. The zero-order valence-corrected chi connectivity index (χ0v) is 16.5. The Morgan fingerprint density at radius 2 is 2.04 bits per heavy atom. The number of guanidine groups is 1. The summed E-state index contributed by atoms with van der Waals surface area (Å²) >= 11 is 0. The highest BCUT2D eigenvalue weighted by atomic mass is 16.5. The lowest BCUT2D eigenvalue weighted by atomic mass is 10.0. The van der Waals surface area contributed by atoms with E-state index in [4.69, 9.17) is 4.74 Å². The second kappa shape index (κ2) is 12.7. The van der Waals surface area contributed by atoms with Gasteiger partial charge in [-0.2, -0.15) is 0 Å². The van der Waals surface area contributed by atoms with Gasteiger partial charge in [0.25, 0.3) is 0 Å². The fourth-order valence-electron chi connectivity index (χ4n) is 3.43. The van der Waals surface area contributed by atoms with Gasteiger partial charge in [0.05, 0.1) is 0 Å². The minimum Gasteiger partial charge on any atom is -0.382 e. The monoisotopic (exact) mass is 360 g/mol. The Labute approximate surface area is 159 Å². The minimum absolute atomic E-state index is 0.570. The van der Waals surface area contributed by atoms with Gasteiger partial charge < -0.3 is 15.4 Å². The number of piperidine rings is 1. The van der Waals surface area contributed by atoms with E-state index in [9.17, 15) is 0 Å². The zero-order valence-electron chi connectivity index (χ0n) is 16.5. The SMILES string of the molecule is CCOCCCCNC(=NC)NCC1CCCCN1Cc1ccccc1. The molecule has 1 aromatic carbocycles. The van der Waals surface area contributed by atoms with Gasteiger partial charge in [0.15, 0.2) is 5.96 Å². The highest BCUT2D eigenvalue weighted by molar-refractivity contribution is 5.79. The van der Waals surface area contributed by atoms with Gasteiger partial charge in [-0.05, 0) is 44.7 Å². The average molecular weight is 361 g/mol. The predicted octanol–water partition coefficient (Wildman–Crippen LogP) is 3.02. The summed E-state index contributed by atoms with van der Waals surface area (Å²) in [6, 6.07) is 11.4. The van der Waals surface area contributed by atoms with Crippen molar-refractivity contribution < 1.29 is 4.74 Å². The maximum atomic E-state index is 5.38. The number of ether oxygens (including phenoxy) is 1. The highest BCUT2D eigenvalue weighted by Gasteiger charge is 2.22. The number of benzene rings is 1. The van der Waals surface area contributed by atoms with Crippen LogP contribution >= 0.6 is 0 Å². The number of hydrogen-bond acceptors (Lipinski definition) is 3. The Kier molecular flexibility index (Phi) is 10.1. The van der Waals surface area contributed by atoms with E-state index < -0.39 is 0 Å². The maximum absolute atomic E-state index is 5.38. The third kappa shape index (κ3) is 7.75. The fraction of sp³-hybridized carbons (Fsp3) is 0.667. The molecule has 146 valence electrons. The van der Waals surface area contributed by atoms with Crippen molar-refractivity contribution in [2.24, 2.45) is 4.99 Å². The molecule has 0 aliphatic carbocycles. The number of hydrogen-bond donors (Lipinski definition) is 2. The lowest BCUT2D eigenvalue weighted by Crippen LogP contribution is -2.48. The summed E-state index contributed by atoms with van der Waals surface area (Å²) in [4.78, 5) is 6.97. The van der Waals surface area contributed by atoms with E-state index in [1.54, 1.807) is 0 Å². The molecular formula is C21H36N4O. The van der Waals surface area contributed by atoms with Crippen LogP contribution in [0, 0.1) is 0 Å². The molecule has 0 radical (unpaired) electrons. The van der Waals surface area contributed by atoms with Gasteiger partial charge in [0, 0.05) is 45.9 Å². The van der Waals surface area contributed by atoms with Gasteiger partial charge in [0.1, 0.15) is 0 Å². The molecule has 5 heteroatoms. The van der Waals surface area contributed by atoms with Crippen LogP contribution in [-0.2, 0) is 11.3 Å². The molecule has 1 heterocycles. The lowest BCUT2D eigenvalue weighted by molar-refractivity contribution is 0.141. The van der Waals surface area contributed by atoms with Crippen molar-refractivity contribution in [2.75, 3.05) is 39.9 Å². The first-order valence-electron chi connectivity index (χ1n) is 10.1. The van der Waals surface area contributed by atoms with Crippen LogP contribution < -0.4 is 10.6 Å². The third-order valence-corrected chi connectivity index (χ3v) is 4.92. The summed E-state index contributed by atoms with van der Waals surface area (Å²) in [6.45, 7) is 7.80. The molecule has 1 aliphatic heterocycles. The first-order valence-corrected chi connectivity index (χ1v) is 10.1. The first kappa shape index (κ1) is 20.7. The van der Waals surface area contributed by atoms with Crippen LogP contribution in [0.2, 0.25) is 0 Å². The Morgan fingerprint density at radius 3 is 2.81 bits per heavy atom. The molecule has 1 unspecified atom stereocenters. The van der Waals surface area contributed by atoms with E-state index in [0.29, 0.717) is 6.04 Å². The molecule has 0 bridgehead atoms. The van der Waals surface area contributed by atoms with Gasteiger partial charge in [-0.3, -0.25) is 9.89 Å². The summed E-state index contributed by atoms with van der Waals surface area (Å²) < 4.78 is 5.38. The second-order valence-electron chi connectivity index (χ2n) is 6.89. The summed E-state index contributed by atoms with van der Waals surface area (Å²) in [5, 5.41) is 6.94. The van der Waals surface area contributed by atoms with Crippen molar-refractivity contribution in [3.63, 3.8) is 0 Å². The Balaban J connectivity index is 1.72. The van der Waals surface area contributed by atoms with E-state index in [0.717, 1.165) is 51.6 Å². The van der Waals surface area contributed by atoms with Crippen LogP contribution in [0.25, 0.3) is 0 Å². The van der Waals surface area contributed by atoms with Crippen molar-refractivity contribution >= 4 is 5.96 Å². The summed E-state index contributed by atoms with van der Waals surface area (Å²) in [6.07, 6.45) is 6.07. The first-order chi connectivity index (χ1) is 12.8. The van der Waals surface area contributed by atoms with E-state index >= 15 is 0 Å². The summed E-state index contributed by atoms with van der Waals surface area (Å²) in [7, 11) is 1.85. The van der Waals surface area contributed by atoms with Gasteiger partial charge >= 0.3 is 0 Å². The van der Waals surface area contributed by atoms with Crippen molar-refractivity contribution in [2.45, 2.75) is 51.6 Å². The Hall–Kier alpha value is -1.59.